The molecule has 1 atom stereocenters. The second-order valence-corrected chi connectivity index (χ2v) is 2.27. The van der Waals surface area contributed by atoms with Crippen LogP contribution in [0.3, 0.4) is 0 Å². The molecule has 0 radical (unpaired) electrons. The Balaban J connectivity index is 3.00. The van der Waals surface area contributed by atoms with E-state index < -0.39 is 7.15 Å². The molecule has 0 aromatic carbocycles. The highest BCUT2D eigenvalue weighted by Crippen LogP contribution is 2.19. The van der Waals surface area contributed by atoms with Gasteiger partial charge < -0.3 is 0 Å². The predicted octanol–water partition coefficient (Wildman–Crippen LogP) is 0.229. The number of nitrogens with two attached hydrogens (primary N) is 1. The lowest BCUT2D eigenvalue weighted by molar-refractivity contribution is -0.174. The number of hydrogen-bond donors (Lipinski definition) is 1. The highest BCUT2D eigenvalue weighted by atomic mass is 32.4. The molecule has 0 aliphatic heterocycles. The van der Waals surface area contributed by atoms with Crippen molar-refractivity contribution < 1.29 is 14.2 Å². The Bertz CT molecular complexity index is 68.0. The molecule has 4 nitrogen and oxygen atoms in total. The standard InChI is InChI=1S/CH5NO3PS/c1-3-5-6(7)4-2/h2H2,1H3/q+1. The summed E-state index contributed by atoms with van der Waals surface area (Å²) in [7, 11) is -0.106. The predicted molar refractivity (Wildman–Crippen MR) is 27.7 cm³/mol. The Kier molecular flexibility index (Phi) is 4.75. The topological polar surface area (TPSA) is 53.7 Å². The molecule has 7 heavy (non-hydrogen) atoms. The van der Waals surface area contributed by atoms with Gasteiger partial charge in [0, 0.05) is 4.67 Å². The molecule has 0 fully saturated rings. The van der Waals surface area contributed by atoms with Crippen LogP contribution in [0, 0.1) is 0 Å². The van der Waals surface area contributed by atoms with Gasteiger partial charge in [0.2, 0.25) is 11.8 Å². The minimum atomic E-state index is -1.44. The van der Waals surface area contributed by atoms with E-state index in [9.17, 15) is 0 Å². The fourth-order valence-electron chi connectivity index (χ4n) is 0.0784. The third kappa shape index (κ3) is 4.21. The van der Waals surface area contributed by atoms with E-state index in [1.54, 1.807) is 0 Å². The molecule has 0 aromatic rings. The molecule has 0 aliphatic rings. The highest BCUT2D eigenvalue weighted by Gasteiger charge is 2.10. The third-order valence-electron chi connectivity index (χ3n) is 0.221. The summed E-state index contributed by atoms with van der Waals surface area (Å²) < 4.78 is 8.25. The van der Waals surface area contributed by atoms with Crippen molar-refractivity contribution in [2.24, 2.45) is 5.90 Å². The molecule has 0 saturated carbocycles. The summed E-state index contributed by atoms with van der Waals surface area (Å²) in [6, 6.07) is 0. The van der Waals surface area contributed by atoms with Crippen molar-refractivity contribution in [1.82, 2.24) is 0 Å². The van der Waals surface area contributed by atoms with E-state index in [2.05, 4.69) is 31.9 Å². The van der Waals surface area contributed by atoms with Crippen molar-refractivity contribution in [1.29, 1.82) is 0 Å². The molecule has 0 rings (SSSR count). The SMILES string of the molecule is COO[P+](=S)ON. The number of hydrogen-bond acceptors (Lipinski definition) is 5. The van der Waals surface area contributed by atoms with Gasteiger partial charge >= 0.3 is 7.15 Å². The molecule has 0 bridgehead atoms. The third-order valence-corrected chi connectivity index (χ3v) is 1.11. The van der Waals surface area contributed by atoms with Crippen molar-refractivity contribution in [2.75, 3.05) is 7.11 Å². The molecule has 6 heteroatoms. The normalized spacial score (nSPS) is 11.4. The zero-order chi connectivity index (χ0) is 5.70. The summed E-state index contributed by atoms with van der Waals surface area (Å²) >= 11 is 4.41. The lowest BCUT2D eigenvalue weighted by Crippen LogP contribution is -1.89. The molecule has 0 heterocycles. The maximum Gasteiger partial charge on any atom is 0.572 e. The average molecular weight is 142 g/mol. The van der Waals surface area contributed by atoms with E-state index in [-0.39, 0.29) is 0 Å². The van der Waals surface area contributed by atoms with E-state index >= 15 is 0 Å². The summed E-state index contributed by atoms with van der Waals surface area (Å²) in [4.78, 5) is 4.11. The molecule has 42 valence electrons. The number of rotatable bonds is 3. The van der Waals surface area contributed by atoms with Gasteiger partial charge in [-0.1, -0.05) is 0 Å². The van der Waals surface area contributed by atoms with Crippen LogP contribution in [0.5, 0.6) is 0 Å². The van der Waals surface area contributed by atoms with E-state index in [1.807, 2.05) is 0 Å². The Morgan fingerprint density at radius 2 is 2.29 bits per heavy atom. The van der Waals surface area contributed by atoms with E-state index in [0.29, 0.717) is 0 Å². The first-order chi connectivity index (χ1) is 3.31. The van der Waals surface area contributed by atoms with Gasteiger partial charge in [0.05, 0.1) is 7.11 Å². The summed E-state index contributed by atoms with van der Waals surface area (Å²) in [5, 5.41) is 0. The molecule has 2 N–H and O–H groups in total. The lowest BCUT2D eigenvalue weighted by atomic mass is 11.8. The van der Waals surface area contributed by atoms with Gasteiger partial charge in [-0.25, -0.2) is 0 Å². The fourth-order valence-corrected chi connectivity index (χ4v) is 0.418. The minimum absolute atomic E-state index is 1.33. The van der Waals surface area contributed by atoms with Crippen LogP contribution in [-0.4, -0.2) is 7.11 Å². The molecule has 0 saturated heterocycles. The zero-order valence-corrected chi connectivity index (χ0v) is 5.37. The molecule has 0 spiro atoms. The maximum absolute atomic E-state index is 4.58. The summed E-state index contributed by atoms with van der Waals surface area (Å²) in [5.74, 6) is 4.58. The van der Waals surface area contributed by atoms with Gasteiger partial charge in [-0.15, -0.1) is 0 Å². The molecular formula is CH5NO3PS+. The van der Waals surface area contributed by atoms with Crippen LogP contribution in [0.1, 0.15) is 0 Å². The van der Waals surface area contributed by atoms with Crippen molar-refractivity contribution in [3.05, 3.63) is 0 Å². The second-order valence-electron chi connectivity index (χ2n) is 0.570. The van der Waals surface area contributed by atoms with Gasteiger partial charge in [0.15, 0.2) is 0 Å². The van der Waals surface area contributed by atoms with Gasteiger partial charge in [-0.3, -0.25) is 0 Å². The second kappa shape index (κ2) is 4.52. The van der Waals surface area contributed by atoms with Crippen molar-refractivity contribution >= 4 is 19.0 Å². The minimum Gasteiger partial charge on any atom is -0.192 e. The first-order valence-electron chi connectivity index (χ1n) is 1.36. The van der Waals surface area contributed by atoms with Crippen LogP contribution in [0.15, 0.2) is 0 Å². The Morgan fingerprint density at radius 3 is 2.43 bits per heavy atom. The summed E-state index contributed by atoms with van der Waals surface area (Å²) in [6.45, 7) is 0. The van der Waals surface area contributed by atoms with Gasteiger partial charge in [-0.05, 0) is 4.62 Å². The van der Waals surface area contributed by atoms with Crippen LogP contribution in [0.4, 0.5) is 0 Å². The highest BCUT2D eigenvalue weighted by molar-refractivity contribution is 8.00. The summed E-state index contributed by atoms with van der Waals surface area (Å²) in [6.07, 6.45) is 0. The van der Waals surface area contributed by atoms with E-state index in [0.717, 1.165) is 0 Å². The molecular weight excluding hydrogens is 137 g/mol. The largest absolute Gasteiger partial charge is 0.572 e. The fraction of sp³-hybridized carbons (Fsp3) is 1.00. The molecule has 0 amide bonds. The van der Waals surface area contributed by atoms with Gasteiger partial charge in [-0.2, -0.15) is 10.8 Å². The van der Waals surface area contributed by atoms with E-state index in [4.69, 9.17) is 0 Å². The maximum atomic E-state index is 4.58. The van der Waals surface area contributed by atoms with Crippen molar-refractivity contribution in [3.8, 4) is 0 Å². The molecule has 1 unspecified atom stereocenters. The van der Waals surface area contributed by atoms with Gasteiger partial charge in [0.1, 0.15) is 0 Å². The van der Waals surface area contributed by atoms with E-state index in [1.165, 1.54) is 7.11 Å². The van der Waals surface area contributed by atoms with Crippen LogP contribution in [-0.2, 0) is 26.0 Å². The van der Waals surface area contributed by atoms with Crippen molar-refractivity contribution in [2.45, 2.75) is 0 Å². The monoisotopic (exact) mass is 142 g/mol. The van der Waals surface area contributed by atoms with Crippen LogP contribution >= 0.6 is 7.15 Å². The smallest absolute Gasteiger partial charge is 0.192 e. The van der Waals surface area contributed by atoms with Crippen LogP contribution < -0.4 is 5.90 Å². The average Bonchev–Trinajstić information content (AvgIpc) is 1.68. The zero-order valence-electron chi connectivity index (χ0n) is 3.66. The Labute approximate surface area is 47.0 Å². The van der Waals surface area contributed by atoms with Crippen molar-refractivity contribution in [3.63, 3.8) is 0 Å². The molecule has 0 aromatic heterocycles. The lowest BCUT2D eigenvalue weighted by Gasteiger charge is -1.77. The first kappa shape index (κ1) is 7.36. The van der Waals surface area contributed by atoms with Crippen LogP contribution in [0.25, 0.3) is 0 Å². The van der Waals surface area contributed by atoms with Crippen LogP contribution in [0.2, 0.25) is 0 Å². The Hall–Kier alpha value is 0.360. The first-order valence-corrected chi connectivity index (χ1v) is 3.55. The summed E-state index contributed by atoms with van der Waals surface area (Å²) in [5.41, 5.74) is 0. The van der Waals surface area contributed by atoms with Gasteiger partial charge in [0.25, 0.3) is 0 Å². The quantitative estimate of drug-likeness (QED) is 0.347. The molecule has 0 aliphatic carbocycles. The Morgan fingerprint density at radius 1 is 1.71 bits per heavy atom.